The number of methoxy groups -OCH3 is 1. The number of carbonyl (C=O) groups excluding carboxylic acids is 3. The van der Waals surface area contributed by atoms with Crippen LogP contribution in [-0.2, 0) is 31.5 Å². The van der Waals surface area contributed by atoms with E-state index >= 15 is 0 Å². The summed E-state index contributed by atoms with van der Waals surface area (Å²) in [5, 5.41) is 2.63. The molecular formula is C42H48F4N2O5Si. The molecule has 0 spiro atoms. The fourth-order valence-corrected chi connectivity index (χ4v) is 7.29. The Morgan fingerprint density at radius 3 is 2.07 bits per heavy atom. The molecule has 7 nitrogen and oxygen atoms in total. The van der Waals surface area contributed by atoms with Crippen molar-refractivity contribution in [3.05, 3.63) is 113 Å². The van der Waals surface area contributed by atoms with Gasteiger partial charge in [-0.25, -0.2) is 4.39 Å². The van der Waals surface area contributed by atoms with Crippen molar-refractivity contribution in [2.75, 3.05) is 7.11 Å². The molecule has 0 aliphatic heterocycles. The number of allylic oxidation sites excluding steroid dienone is 1. The molecule has 0 aliphatic carbocycles. The summed E-state index contributed by atoms with van der Waals surface area (Å²) in [5.74, 6) is -1.86. The summed E-state index contributed by atoms with van der Waals surface area (Å²) >= 11 is 0. The van der Waals surface area contributed by atoms with Gasteiger partial charge in [-0.05, 0) is 85.1 Å². The molecule has 0 bridgehead atoms. The Labute approximate surface area is 315 Å². The maximum Gasteiger partial charge on any atom is 0.416 e. The Hall–Kier alpha value is -4.81. The maximum absolute atomic E-state index is 14.3. The van der Waals surface area contributed by atoms with Gasteiger partial charge in [0.05, 0.1) is 30.9 Å². The fraction of sp³-hybridized carbons (Fsp3) is 0.357. The molecule has 54 heavy (non-hydrogen) atoms. The molecule has 1 aromatic heterocycles. The zero-order chi connectivity index (χ0) is 40.0. The van der Waals surface area contributed by atoms with Crippen LogP contribution in [0.4, 0.5) is 17.6 Å². The first-order valence-corrected chi connectivity index (χ1v) is 20.6. The first kappa shape index (κ1) is 41.9. The zero-order valence-corrected chi connectivity index (χ0v) is 32.9. The monoisotopic (exact) mass is 764 g/mol. The van der Waals surface area contributed by atoms with Crippen molar-refractivity contribution in [1.29, 1.82) is 0 Å². The van der Waals surface area contributed by atoms with Crippen molar-refractivity contribution in [2.45, 2.75) is 90.5 Å². The van der Waals surface area contributed by atoms with Gasteiger partial charge in [-0.1, -0.05) is 75.4 Å². The van der Waals surface area contributed by atoms with Gasteiger partial charge < -0.3 is 19.0 Å². The highest BCUT2D eigenvalue weighted by atomic mass is 28.4. The van der Waals surface area contributed by atoms with Crippen LogP contribution in [0, 0.1) is 5.82 Å². The summed E-state index contributed by atoms with van der Waals surface area (Å²) in [6.07, 6.45) is -2.51. The van der Waals surface area contributed by atoms with Gasteiger partial charge >= 0.3 is 12.1 Å². The van der Waals surface area contributed by atoms with Crippen molar-refractivity contribution in [3.63, 3.8) is 0 Å². The average molecular weight is 765 g/mol. The second kappa shape index (κ2) is 17.1. The molecule has 3 aromatic carbocycles. The number of alkyl halides is 3. The third-order valence-electron chi connectivity index (χ3n) is 9.62. The molecule has 1 heterocycles. The lowest BCUT2D eigenvalue weighted by molar-refractivity contribution is -0.142. The number of nitrogens with zero attached hydrogens (tertiary/aromatic N) is 1. The molecule has 4 rings (SSSR count). The van der Waals surface area contributed by atoms with Crippen LogP contribution in [-0.4, -0.2) is 43.8 Å². The Morgan fingerprint density at radius 1 is 0.870 bits per heavy atom. The van der Waals surface area contributed by atoms with Crippen LogP contribution in [0.5, 0.6) is 0 Å². The first-order chi connectivity index (χ1) is 25.2. The van der Waals surface area contributed by atoms with Crippen molar-refractivity contribution in [3.8, 4) is 22.3 Å². The predicted octanol–water partition coefficient (Wildman–Crippen LogP) is 10.4. The smallest absolute Gasteiger partial charge is 0.416 e. The number of halogens is 4. The van der Waals surface area contributed by atoms with Gasteiger partial charge in [0.1, 0.15) is 11.5 Å². The summed E-state index contributed by atoms with van der Waals surface area (Å²) in [4.78, 5) is 40.4. The predicted molar refractivity (Wildman–Crippen MR) is 206 cm³/mol. The number of rotatable bonds is 14. The number of carbonyl (C=O) groups is 3. The Kier molecular flexibility index (Phi) is 13.3. The standard InChI is InChI=1S/C42H48F4N2O5Si/c1-27(2)48-35(22-21-33(49)24-34(25-36(50)52-6)53-54(7,8)41(3,4)5)37(30-17-19-32(43)20-18-30)38(29-14-10-9-11-15-29)39(48)40(51)47-26-28-13-12-16-31(23-28)42(44,45)46/h9-23,27,34H,24-26H2,1-8H3,(H,47,51)/t34-/m1/s1. The van der Waals surface area contributed by atoms with E-state index in [1.807, 2.05) is 57.3 Å². The Balaban J connectivity index is 1.87. The molecule has 1 atom stereocenters. The number of ketones is 1. The number of amides is 1. The molecule has 0 saturated heterocycles. The van der Waals surface area contributed by atoms with E-state index in [4.69, 9.17) is 9.16 Å². The van der Waals surface area contributed by atoms with Crippen LogP contribution in [0.15, 0.2) is 84.9 Å². The molecule has 0 fully saturated rings. The van der Waals surface area contributed by atoms with Crippen LogP contribution in [0.25, 0.3) is 28.3 Å². The maximum atomic E-state index is 14.3. The first-order valence-electron chi connectivity index (χ1n) is 17.7. The molecule has 0 unspecified atom stereocenters. The highest BCUT2D eigenvalue weighted by Gasteiger charge is 2.40. The van der Waals surface area contributed by atoms with Gasteiger partial charge in [-0.15, -0.1) is 0 Å². The number of benzene rings is 3. The summed E-state index contributed by atoms with van der Waals surface area (Å²) in [5.41, 5.74) is 2.38. The largest absolute Gasteiger partial charge is 0.469 e. The summed E-state index contributed by atoms with van der Waals surface area (Å²) in [7, 11) is -1.12. The lowest BCUT2D eigenvalue weighted by atomic mass is 9.94. The minimum Gasteiger partial charge on any atom is -0.469 e. The van der Waals surface area contributed by atoms with E-state index in [0.717, 1.165) is 12.1 Å². The second-order valence-electron chi connectivity index (χ2n) is 15.0. The molecule has 0 aliphatic rings. The third kappa shape index (κ3) is 10.2. The second-order valence-corrected chi connectivity index (χ2v) is 19.7. The van der Waals surface area contributed by atoms with E-state index in [-0.39, 0.29) is 47.5 Å². The van der Waals surface area contributed by atoms with E-state index in [0.29, 0.717) is 27.9 Å². The van der Waals surface area contributed by atoms with Gasteiger partial charge in [-0.3, -0.25) is 14.4 Å². The van der Waals surface area contributed by atoms with Crippen molar-refractivity contribution >= 4 is 32.1 Å². The zero-order valence-electron chi connectivity index (χ0n) is 31.9. The molecule has 1 amide bonds. The van der Waals surface area contributed by atoms with Gasteiger partial charge in [0, 0.05) is 30.1 Å². The Morgan fingerprint density at radius 2 is 1.50 bits per heavy atom. The molecule has 1 N–H and O–H groups in total. The van der Waals surface area contributed by atoms with Crippen LogP contribution in [0.1, 0.15) is 80.8 Å². The van der Waals surface area contributed by atoms with Gasteiger partial charge in [0.25, 0.3) is 5.91 Å². The van der Waals surface area contributed by atoms with Crippen LogP contribution < -0.4 is 5.32 Å². The average Bonchev–Trinajstić information content (AvgIpc) is 3.45. The summed E-state index contributed by atoms with van der Waals surface area (Å²) in [6.45, 7) is 13.8. The number of ether oxygens (including phenoxy) is 1. The van der Waals surface area contributed by atoms with Crippen LogP contribution in [0.3, 0.4) is 0 Å². The molecular weight excluding hydrogens is 717 g/mol. The van der Waals surface area contributed by atoms with Crippen molar-refractivity contribution in [1.82, 2.24) is 9.88 Å². The summed E-state index contributed by atoms with van der Waals surface area (Å²) < 4.78 is 67.8. The van der Waals surface area contributed by atoms with E-state index in [1.54, 1.807) is 22.8 Å². The normalized spacial score (nSPS) is 13.0. The van der Waals surface area contributed by atoms with Crippen molar-refractivity contribution < 1.29 is 41.1 Å². The number of nitrogens with one attached hydrogen (secondary N) is 1. The quantitative estimate of drug-likeness (QED) is 0.0598. The molecule has 0 radical (unpaired) electrons. The molecule has 0 saturated carbocycles. The topological polar surface area (TPSA) is 86.6 Å². The number of esters is 1. The third-order valence-corrected chi connectivity index (χ3v) is 14.2. The number of hydrogen-bond donors (Lipinski definition) is 1. The van der Waals surface area contributed by atoms with E-state index in [1.165, 1.54) is 37.5 Å². The highest BCUT2D eigenvalue weighted by molar-refractivity contribution is 6.74. The Bertz CT molecular complexity index is 1980. The van der Waals surface area contributed by atoms with Gasteiger partial charge in [0.15, 0.2) is 14.1 Å². The van der Waals surface area contributed by atoms with E-state index in [2.05, 4.69) is 26.1 Å². The lowest BCUT2D eigenvalue weighted by Crippen LogP contribution is -2.44. The number of aromatic nitrogens is 1. The van der Waals surface area contributed by atoms with Gasteiger partial charge in [-0.2, -0.15) is 13.2 Å². The fourth-order valence-electron chi connectivity index (χ4n) is 5.93. The minimum atomic E-state index is -4.55. The molecule has 4 aromatic rings. The van der Waals surface area contributed by atoms with Crippen LogP contribution in [0.2, 0.25) is 18.1 Å². The molecule has 288 valence electrons. The van der Waals surface area contributed by atoms with E-state index < -0.39 is 43.9 Å². The lowest BCUT2D eigenvalue weighted by Gasteiger charge is -2.39. The summed E-state index contributed by atoms with van der Waals surface area (Å²) in [6, 6.07) is 19.3. The van der Waals surface area contributed by atoms with Crippen LogP contribution >= 0.6 is 0 Å². The molecule has 12 heteroatoms. The van der Waals surface area contributed by atoms with E-state index in [9.17, 15) is 31.9 Å². The van der Waals surface area contributed by atoms with Gasteiger partial charge in [0.2, 0.25) is 0 Å². The SMILES string of the molecule is COC(=O)C[C@@H](CC(=O)C=Cc1c(-c2ccc(F)cc2)c(-c2ccccc2)c(C(=O)NCc2cccc(C(F)(F)F)c2)n1C(C)C)O[Si](C)(C)C(C)(C)C. The minimum absolute atomic E-state index is 0.109. The highest BCUT2D eigenvalue weighted by Crippen LogP contribution is 2.43. The van der Waals surface area contributed by atoms with Crippen molar-refractivity contribution in [2.24, 2.45) is 0 Å². The number of hydrogen-bond acceptors (Lipinski definition) is 5.